The van der Waals surface area contributed by atoms with Gasteiger partial charge in [0.1, 0.15) is 0 Å². The van der Waals surface area contributed by atoms with E-state index in [9.17, 15) is 9.18 Å². The van der Waals surface area contributed by atoms with Gasteiger partial charge in [0, 0.05) is 6.20 Å². The Hall–Kier alpha value is -2.18. The second-order valence-electron chi connectivity index (χ2n) is 2.79. The molecule has 0 unspecified atom stereocenters. The average Bonchev–Trinajstić information content (AvgIpc) is 2.65. The fourth-order valence-corrected chi connectivity index (χ4v) is 1.05. The minimum absolute atomic E-state index is 0.113. The van der Waals surface area contributed by atoms with Crippen molar-refractivity contribution in [2.24, 2.45) is 7.05 Å². The summed E-state index contributed by atoms with van der Waals surface area (Å²) in [5, 5.41) is 10.7. The molecule has 0 aliphatic rings. The van der Waals surface area contributed by atoms with Crippen LogP contribution >= 0.6 is 0 Å². The Morgan fingerprint density at radius 3 is 2.93 bits per heavy atom. The number of tetrazole rings is 1. The number of rotatable bonds is 2. The molecule has 2 heterocycles. The number of aryl methyl sites for hydroxylation is 1. The van der Waals surface area contributed by atoms with Gasteiger partial charge in [0.25, 0.3) is 0 Å². The predicted molar refractivity (Wildman–Crippen MR) is 46.4 cm³/mol. The maximum Gasteiger partial charge on any atom is 0.245 e. The van der Waals surface area contributed by atoms with Crippen molar-refractivity contribution >= 4 is 5.78 Å². The maximum atomic E-state index is 13.2. The molecule has 0 saturated carbocycles. The van der Waals surface area contributed by atoms with Crippen LogP contribution in [0.4, 0.5) is 4.39 Å². The van der Waals surface area contributed by atoms with Crippen LogP contribution in [0.1, 0.15) is 16.2 Å². The number of pyridine rings is 1. The molecular weight excluding hydrogens is 201 g/mol. The van der Waals surface area contributed by atoms with Gasteiger partial charge in [-0.25, -0.2) is 4.39 Å². The Kier molecular flexibility index (Phi) is 2.20. The van der Waals surface area contributed by atoms with Crippen LogP contribution in [0.25, 0.3) is 0 Å². The lowest BCUT2D eigenvalue weighted by molar-refractivity contribution is 0.102. The van der Waals surface area contributed by atoms with Gasteiger partial charge in [-0.1, -0.05) is 0 Å². The quantitative estimate of drug-likeness (QED) is 0.647. The van der Waals surface area contributed by atoms with Crippen molar-refractivity contribution in [3.8, 4) is 0 Å². The number of ketones is 1. The van der Waals surface area contributed by atoms with Crippen LogP contribution in [0.3, 0.4) is 0 Å². The largest absolute Gasteiger partial charge is 0.285 e. The van der Waals surface area contributed by atoms with Gasteiger partial charge in [-0.2, -0.15) is 4.80 Å². The SMILES string of the molecule is Cn1nnc(C(=O)c2ccncc2F)n1. The van der Waals surface area contributed by atoms with E-state index < -0.39 is 11.6 Å². The zero-order valence-corrected chi connectivity index (χ0v) is 7.75. The Morgan fingerprint density at radius 1 is 1.53 bits per heavy atom. The number of nitrogens with zero attached hydrogens (tertiary/aromatic N) is 5. The number of carbonyl (C=O) groups is 1. The highest BCUT2D eigenvalue weighted by Gasteiger charge is 2.18. The van der Waals surface area contributed by atoms with Gasteiger partial charge in [0.2, 0.25) is 11.6 Å². The van der Waals surface area contributed by atoms with Crippen LogP contribution in [0, 0.1) is 5.82 Å². The van der Waals surface area contributed by atoms with E-state index in [4.69, 9.17) is 0 Å². The van der Waals surface area contributed by atoms with E-state index >= 15 is 0 Å². The summed E-state index contributed by atoms with van der Waals surface area (Å²) in [6.45, 7) is 0. The van der Waals surface area contributed by atoms with Crippen LogP contribution in [0.15, 0.2) is 18.5 Å². The van der Waals surface area contributed by atoms with E-state index in [0.29, 0.717) is 0 Å². The van der Waals surface area contributed by atoms with Crippen molar-refractivity contribution in [1.29, 1.82) is 0 Å². The Labute approximate surface area is 83.7 Å². The lowest BCUT2D eigenvalue weighted by Crippen LogP contribution is -2.07. The topological polar surface area (TPSA) is 73.6 Å². The summed E-state index contributed by atoms with van der Waals surface area (Å²) in [6.07, 6.45) is 2.29. The molecule has 0 aromatic carbocycles. The Balaban J connectivity index is 2.41. The fourth-order valence-electron chi connectivity index (χ4n) is 1.05. The molecule has 2 aromatic rings. The molecule has 76 valence electrons. The summed E-state index contributed by atoms with van der Waals surface area (Å²) in [5.74, 6) is -1.44. The van der Waals surface area contributed by atoms with Crippen LogP contribution in [0.2, 0.25) is 0 Å². The van der Waals surface area contributed by atoms with E-state index in [1.165, 1.54) is 19.3 Å². The van der Waals surface area contributed by atoms with Crippen molar-refractivity contribution in [3.63, 3.8) is 0 Å². The number of carbonyl (C=O) groups excluding carboxylic acids is 1. The molecule has 0 bridgehead atoms. The Bertz CT molecular complexity index is 509. The zero-order valence-electron chi connectivity index (χ0n) is 7.75. The van der Waals surface area contributed by atoms with Crippen molar-refractivity contribution in [2.75, 3.05) is 0 Å². The minimum atomic E-state index is -0.699. The monoisotopic (exact) mass is 207 g/mol. The van der Waals surface area contributed by atoms with E-state index in [1.54, 1.807) is 0 Å². The lowest BCUT2D eigenvalue weighted by atomic mass is 10.1. The third kappa shape index (κ3) is 1.71. The van der Waals surface area contributed by atoms with E-state index in [1.807, 2.05) is 0 Å². The second-order valence-corrected chi connectivity index (χ2v) is 2.79. The summed E-state index contributed by atoms with van der Waals surface area (Å²) in [7, 11) is 1.52. The van der Waals surface area contributed by atoms with Gasteiger partial charge in [-0.3, -0.25) is 9.78 Å². The first-order valence-corrected chi connectivity index (χ1v) is 4.06. The number of halogens is 1. The van der Waals surface area contributed by atoms with Gasteiger partial charge >= 0.3 is 0 Å². The van der Waals surface area contributed by atoms with Gasteiger partial charge in [0.15, 0.2) is 5.82 Å². The molecule has 2 aromatic heterocycles. The highest BCUT2D eigenvalue weighted by molar-refractivity contribution is 6.06. The Morgan fingerprint density at radius 2 is 2.33 bits per heavy atom. The van der Waals surface area contributed by atoms with Crippen LogP contribution in [-0.2, 0) is 7.05 Å². The first-order valence-electron chi connectivity index (χ1n) is 4.06. The average molecular weight is 207 g/mol. The number of hydrogen-bond acceptors (Lipinski definition) is 5. The highest BCUT2D eigenvalue weighted by Crippen LogP contribution is 2.08. The third-order valence-electron chi connectivity index (χ3n) is 1.73. The molecule has 2 rings (SSSR count). The molecule has 0 atom stereocenters. The van der Waals surface area contributed by atoms with E-state index in [-0.39, 0.29) is 11.4 Å². The first-order chi connectivity index (χ1) is 7.18. The second kappa shape index (κ2) is 3.52. The van der Waals surface area contributed by atoms with Crippen molar-refractivity contribution in [1.82, 2.24) is 25.2 Å². The van der Waals surface area contributed by atoms with Crippen LogP contribution in [0.5, 0.6) is 0 Å². The molecule has 0 radical (unpaired) electrons. The maximum absolute atomic E-state index is 13.2. The summed E-state index contributed by atoms with van der Waals surface area (Å²) in [6, 6.07) is 1.27. The van der Waals surface area contributed by atoms with Crippen molar-refractivity contribution in [2.45, 2.75) is 0 Å². The normalized spacial score (nSPS) is 10.3. The molecule has 0 amide bonds. The molecular formula is C8H6FN5O. The highest BCUT2D eigenvalue weighted by atomic mass is 19.1. The molecule has 0 spiro atoms. The summed E-state index contributed by atoms with van der Waals surface area (Å²) in [5.41, 5.74) is -0.113. The minimum Gasteiger partial charge on any atom is -0.285 e. The van der Waals surface area contributed by atoms with E-state index in [2.05, 4.69) is 20.4 Å². The lowest BCUT2D eigenvalue weighted by Gasteiger charge is -1.96. The van der Waals surface area contributed by atoms with Gasteiger partial charge < -0.3 is 0 Å². The fraction of sp³-hybridized carbons (Fsp3) is 0.125. The van der Waals surface area contributed by atoms with Crippen molar-refractivity contribution < 1.29 is 9.18 Å². The molecule has 0 saturated heterocycles. The van der Waals surface area contributed by atoms with Gasteiger partial charge in [0.05, 0.1) is 18.8 Å². The number of aromatic nitrogens is 5. The summed E-state index contributed by atoms with van der Waals surface area (Å²) in [4.78, 5) is 16.3. The van der Waals surface area contributed by atoms with Gasteiger partial charge in [-0.05, 0) is 11.3 Å². The summed E-state index contributed by atoms with van der Waals surface area (Å²) < 4.78 is 13.2. The molecule has 0 fully saturated rings. The van der Waals surface area contributed by atoms with Crippen LogP contribution in [-0.4, -0.2) is 31.0 Å². The van der Waals surface area contributed by atoms with Gasteiger partial charge in [-0.15, -0.1) is 10.2 Å². The molecule has 15 heavy (non-hydrogen) atoms. The smallest absolute Gasteiger partial charge is 0.245 e. The first kappa shape index (κ1) is 9.38. The zero-order chi connectivity index (χ0) is 10.8. The van der Waals surface area contributed by atoms with Crippen molar-refractivity contribution in [3.05, 3.63) is 35.7 Å². The standard InChI is InChI=1S/C8H6FN5O/c1-14-12-8(11-13-14)7(15)5-2-3-10-4-6(5)9/h2-4H,1H3. The number of hydrogen-bond donors (Lipinski definition) is 0. The third-order valence-corrected chi connectivity index (χ3v) is 1.73. The molecule has 7 heteroatoms. The predicted octanol–water partition coefficient (Wildman–Crippen LogP) is -0.0248. The van der Waals surface area contributed by atoms with E-state index in [0.717, 1.165) is 11.0 Å². The molecule has 0 aliphatic heterocycles. The van der Waals surface area contributed by atoms with Crippen LogP contribution < -0.4 is 0 Å². The summed E-state index contributed by atoms with van der Waals surface area (Å²) >= 11 is 0. The molecule has 0 N–H and O–H groups in total. The molecule has 6 nitrogen and oxygen atoms in total. The molecule has 0 aliphatic carbocycles.